The standard InChI is InChI=1S/3Ca.2ClO.4H2O/c;;;2*1-2;;;;/h;;;;;4*1H2/q3*+2;2*-1;;;;/p-4. The van der Waals surface area contributed by atoms with Gasteiger partial charge in [-0.3, -0.25) is 0 Å². The van der Waals surface area contributed by atoms with E-state index in [-0.39, 0.29) is 135 Å². The van der Waals surface area contributed by atoms with Crippen molar-refractivity contribution < 1.29 is 31.2 Å². The second kappa shape index (κ2) is 143. The summed E-state index contributed by atoms with van der Waals surface area (Å²) in [7, 11) is 0. The second-order valence-corrected chi connectivity index (χ2v) is 0. The molecule has 0 atom stereocenters. The van der Waals surface area contributed by atoms with Crippen molar-refractivity contribution in [2.75, 3.05) is 0 Å². The van der Waals surface area contributed by atoms with Gasteiger partial charge in [0.15, 0.2) is 0 Å². The van der Waals surface area contributed by atoms with Crippen LogP contribution < -0.4 is 9.32 Å². The van der Waals surface area contributed by atoms with E-state index < -0.39 is 0 Å². The van der Waals surface area contributed by atoms with E-state index in [1.54, 1.807) is 0 Å². The molecular weight excluding hydrogens is 287 g/mol. The Kier molecular flexibility index (Phi) is 1050. The molecule has 0 saturated heterocycles. The summed E-state index contributed by atoms with van der Waals surface area (Å²) < 4.78 is 15.4. The van der Waals surface area contributed by atoms with Gasteiger partial charge in [-0.2, -0.15) is 0 Å². The molecule has 0 amide bonds. The minimum atomic E-state index is 0. The normalized spacial score (nSPS) is 1.09. The molecule has 0 unspecified atom stereocenters. The molecule has 11 heavy (non-hydrogen) atoms. The Hall–Kier alpha value is 4.12. The van der Waals surface area contributed by atoms with Gasteiger partial charge in [0.1, 0.15) is 0 Å². The van der Waals surface area contributed by atoms with Crippen LogP contribution in [0.3, 0.4) is 0 Å². The molecule has 0 aromatic carbocycles. The van der Waals surface area contributed by atoms with Crippen molar-refractivity contribution in [2.45, 2.75) is 0 Å². The van der Waals surface area contributed by atoms with Crippen molar-refractivity contribution in [1.29, 1.82) is 0 Å². The summed E-state index contributed by atoms with van der Waals surface area (Å²) >= 11 is 6.78. The van der Waals surface area contributed by atoms with Gasteiger partial charge in [-0.05, 0) is 0 Å². The van der Waals surface area contributed by atoms with Crippen LogP contribution in [0.25, 0.3) is 0 Å². The molecule has 0 bridgehead atoms. The van der Waals surface area contributed by atoms with Crippen molar-refractivity contribution >= 4 is 137 Å². The van der Waals surface area contributed by atoms with Crippen molar-refractivity contribution in [3.63, 3.8) is 0 Å². The minimum absolute atomic E-state index is 0. The Balaban J connectivity index is -0.000000000635. The van der Waals surface area contributed by atoms with Gasteiger partial charge in [0.2, 0.25) is 0 Å². The fourth-order valence-corrected chi connectivity index (χ4v) is 0. The molecule has 0 rings (SSSR count). The van der Waals surface area contributed by atoms with E-state index in [1.807, 2.05) is 0 Å². The summed E-state index contributed by atoms with van der Waals surface area (Å²) in [6.45, 7) is 0. The maximum atomic E-state index is 7.72. The maximum Gasteiger partial charge on any atom is 2.00 e. The smallest absolute Gasteiger partial charge is 0.870 e. The molecule has 0 saturated carbocycles. The average molecular weight is 291 g/mol. The molecule has 0 fully saturated rings. The fraction of sp³-hybridized carbons (Fsp3) is 0. The molecule has 0 aromatic heterocycles. The Morgan fingerprint density at radius 3 is 0.455 bits per heavy atom. The second-order valence-electron chi connectivity index (χ2n) is 0. The first kappa shape index (κ1) is 80.5. The Morgan fingerprint density at radius 2 is 0.455 bits per heavy atom. The van der Waals surface area contributed by atoms with Gasteiger partial charge in [-0.25, -0.2) is 23.7 Å². The van der Waals surface area contributed by atoms with Gasteiger partial charge in [-0.15, -0.1) is 0 Å². The summed E-state index contributed by atoms with van der Waals surface area (Å²) in [6, 6.07) is 0. The quantitative estimate of drug-likeness (QED) is 0.435. The monoisotopic (exact) mass is 290 g/mol. The minimum Gasteiger partial charge on any atom is -0.870 e. The van der Waals surface area contributed by atoms with E-state index in [1.165, 1.54) is 0 Å². The zero-order chi connectivity index (χ0) is 4.00. The zero-order valence-electron chi connectivity index (χ0n) is 5.48. The van der Waals surface area contributed by atoms with Crippen LogP contribution in [0.4, 0.5) is 0 Å². The van der Waals surface area contributed by atoms with Crippen LogP contribution in [0, 0.1) is 0 Å². The predicted octanol–water partition coefficient (Wildman–Crippen LogP) is -2.85. The van der Waals surface area contributed by atoms with E-state index >= 15 is 0 Å². The summed E-state index contributed by atoms with van der Waals surface area (Å²) in [5.74, 6) is 0. The Morgan fingerprint density at radius 1 is 0.455 bits per heavy atom. The third-order valence-electron chi connectivity index (χ3n) is 0. The van der Waals surface area contributed by atoms with Crippen LogP contribution in [0.1, 0.15) is 0 Å². The van der Waals surface area contributed by atoms with Gasteiger partial charge in [0.05, 0.1) is 0 Å². The molecular formula is H4Ca3Cl2O6. The van der Waals surface area contributed by atoms with Gasteiger partial charge in [0.25, 0.3) is 0 Å². The summed E-state index contributed by atoms with van der Waals surface area (Å²) in [5.41, 5.74) is 0. The van der Waals surface area contributed by atoms with Crippen molar-refractivity contribution in [3.8, 4) is 0 Å². The van der Waals surface area contributed by atoms with Gasteiger partial charge >= 0.3 is 113 Å². The third-order valence-corrected chi connectivity index (χ3v) is 0. The first-order valence-corrected chi connectivity index (χ1v) is 0.926. The van der Waals surface area contributed by atoms with Gasteiger partial charge in [0, 0.05) is 0 Å². The number of hydrogen-bond acceptors (Lipinski definition) is 6. The number of hydrogen-bond donors (Lipinski definition) is 0. The molecule has 0 aliphatic carbocycles. The SMILES string of the molecule is [Ca+2].[Ca+2].[Ca+2].[O-]Cl.[O-]Cl.[OH-].[OH-].[OH-].[OH-]. The topological polar surface area (TPSA) is 166 Å². The van der Waals surface area contributed by atoms with Crippen LogP contribution >= 0.6 is 23.7 Å². The van der Waals surface area contributed by atoms with E-state index in [0.29, 0.717) is 0 Å². The molecule has 4 N–H and O–H groups in total. The number of rotatable bonds is 0. The molecule has 60 valence electrons. The van der Waals surface area contributed by atoms with Crippen LogP contribution in [-0.4, -0.2) is 135 Å². The molecule has 11 heteroatoms. The Bertz CT molecular complexity index is 15.8. The van der Waals surface area contributed by atoms with Gasteiger partial charge < -0.3 is 31.2 Å². The molecule has 0 aromatic rings. The van der Waals surface area contributed by atoms with Crippen LogP contribution in [0.5, 0.6) is 0 Å². The average Bonchev–Trinajstić information content (AvgIpc) is 1.50. The first-order valence-electron chi connectivity index (χ1n) is 0.309. The first-order chi connectivity index (χ1) is 2.00. The van der Waals surface area contributed by atoms with E-state index in [2.05, 4.69) is 23.7 Å². The fourth-order valence-electron chi connectivity index (χ4n) is 0. The van der Waals surface area contributed by atoms with Crippen LogP contribution in [0.15, 0.2) is 0 Å². The predicted molar refractivity (Wildman–Crippen MR) is 36.7 cm³/mol. The van der Waals surface area contributed by atoms with Crippen molar-refractivity contribution in [3.05, 3.63) is 0 Å². The van der Waals surface area contributed by atoms with Crippen LogP contribution in [-0.2, 0) is 0 Å². The third kappa shape index (κ3) is 122. The number of halogens is 2. The Labute approximate surface area is 164 Å². The summed E-state index contributed by atoms with van der Waals surface area (Å²) in [6.07, 6.45) is 0. The van der Waals surface area contributed by atoms with Crippen molar-refractivity contribution in [1.82, 2.24) is 0 Å². The molecule has 0 heterocycles. The molecule has 0 spiro atoms. The molecule has 0 aliphatic rings. The van der Waals surface area contributed by atoms with E-state index in [0.717, 1.165) is 0 Å². The molecule has 0 radical (unpaired) electrons. The summed E-state index contributed by atoms with van der Waals surface area (Å²) in [4.78, 5) is 0. The molecule has 0 aliphatic heterocycles. The zero-order valence-corrected chi connectivity index (χ0v) is 13.6. The van der Waals surface area contributed by atoms with Gasteiger partial charge in [-0.1, -0.05) is 0 Å². The molecule has 6 nitrogen and oxygen atoms in total. The van der Waals surface area contributed by atoms with E-state index in [9.17, 15) is 0 Å². The van der Waals surface area contributed by atoms with Crippen molar-refractivity contribution in [2.24, 2.45) is 0 Å². The largest absolute Gasteiger partial charge is 2.00 e. The summed E-state index contributed by atoms with van der Waals surface area (Å²) in [5, 5.41) is 0. The van der Waals surface area contributed by atoms with Crippen LogP contribution in [0.2, 0.25) is 0 Å². The van der Waals surface area contributed by atoms with E-state index in [4.69, 9.17) is 9.32 Å². The maximum absolute atomic E-state index is 7.72.